The summed E-state index contributed by atoms with van der Waals surface area (Å²) in [5.74, 6) is 0. The van der Waals surface area contributed by atoms with E-state index < -0.39 is 0 Å². The van der Waals surface area contributed by atoms with Crippen LogP contribution in [-0.2, 0) is 0 Å². The molecule has 12 aromatic rings. The van der Waals surface area contributed by atoms with Gasteiger partial charge in [-0.05, 0) is 116 Å². The average molecular weight is 645 g/mol. The third-order valence-corrected chi connectivity index (χ3v) is 11.3. The number of furan rings is 1. The first-order valence-corrected chi connectivity index (χ1v) is 17.7. The van der Waals surface area contributed by atoms with Gasteiger partial charge in [0.15, 0.2) is 0 Å². The van der Waals surface area contributed by atoms with Gasteiger partial charge in [-0.3, -0.25) is 0 Å². The first-order chi connectivity index (χ1) is 25.3. The van der Waals surface area contributed by atoms with E-state index >= 15 is 0 Å². The molecule has 1 heteroatoms. The highest BCUT2D eigenvalue weighted by Gasteiger charge is 2.21. The first-order valence-electron chi connectivity index (χ1n) is 17.7. The van der Waals surface area contributed by atoms with E-state index in [9.17, 15) is 0 Å². The third-order valence-electron chi connectivity index (χ3n) is 11.3. The Labute approximate surface area is 292 Å². The molecule has 51 heavy (non-hydrogen) atoms. The fourth-order valence-corrected chi connectivity index (χ4v) is 8.99. The smallest absolute Gasteiger partial charge is 0.143 e. The molecule has 1 aromatic heterocycles. The lowest BCUT2D eigenvalue weighted by Gasteiger charge is -2.15. The van der Waals surface area contributed by atoms with E-state index in [1.165, 1.54) is 86.5 Å². The molecule has 0 saturated carbocycles. The molecule has 0 atom stereocenters. The molecule has 1 heterocycles. The van der Waals surface area contributed by atoms with Crippen LogP contribution in [0.2, 0.25) is 0 Å². The summed E-state index contributed by atoms with van der Waals surface area (Å²) in [7, 11) is 0. The van der Waals surface area contributed by atoms with Crippen LogP contribution in [0.15, 0.2) is 174 Å². The molecule has 0 bridgehead atoms. The summed E-state index contributed by atoms with van der Waals surface area (Å²) >= 11 is 0. The van der Waals surface area contributed by atoms with E-state index in [2.05, 4.69) is 170 Å². The second kappa shape index (κ2) is 9.94. The summed E-state index contributed by atoms with van der Waals surface area (Å²) in [6.45, 7) is 0. The van der Waals surface area contributed by atoms with Crippen molar-refractivity contribution in [2.75, 3.05) is 0 Å². The molecule has 0 spiro atoms. The Bertz CT molecular complexity index is 3400. The van der Waals surface area contributed by atoms with Gasteiger partial charge in [0, 0.05) is 16.3 Å². The van der Waals surface area contributed by atoms with Gasteiger partial charge in [0.05, 0.1) is 0 Å². The van der Waals surface area contributed by atoms with Crippen molar-refractivity contribution in [3.05, 3.63) is 170 Å². The van der Waals surface area contributed by atoms with Crippen LogP contribution < -0.4 is 0 Å². The third kappa shape index (κ3) is 3.75. The van der Waals surface area contributed by atoms with Gasteiger partial charge in [0.2, 0.25) is 0 Å². The van der Waals surface area contributed by atoms with Crippen LogP contribution in [-0.4, -0.2) is 0 Å². The quantitative estimate of drug-likeness (QED) is 0.171. The summed E-state index contributed by atoms with van der Waals surface area (Å²) < 4.78 is 6.97. The van der Waals surface area contributed by atoms with Gasteiger partial charge in [0.25, 0.3) is 0 Å². The molecule has 0 saturated heterocycles. The van der Waals surface area contributed by atoms with Crippen LogP contribution in [0, 0.1) is 0 Å². The van der Waals surface area contributed by atoms with Crippen molar-refractivity contribution in [2.24, 2.45) is 0 Å². The Morgan fingerprint density at radius 1 is 0.275 bits per heavy atom. The summed E-state index contributed by atoms with van der Waals surface area (Å²) in [6, 6.07) is 62.6. The van der Waals surface area contributed by atoms with E-state index in [0.717, 1.165) is 33.1 Å². The number of benzene rings is 11. The normalized spacial score (nSPS) is 12.3. The predicted molar refractivity (Wildman–Crippen MR) is 218 cm³/mol. The molecule has 12 rings (SSSR count). The number of hydrogen-bond acceptors (Lipinski definition) is 1. The van der Waals surface area contributed by atoms with Gasteiger partial charge in [-0.25, -0.2) is 0 Å². The second-order valence-corrected chi connectivity index (χ2v) is 14.0. The van der Waals surface area contributed by atoms with Crippen molar-refractivity contribution in [2.45, 2.75) is 0 Å². The Morgan fingerprint density at radius 2 is 0.843 bits per heavy atom. The van der Waals surface area contributed by atoms with Gasteiger partial charge in [0.1, 0.15) is 11.2 Å². The topological polar surface area (TPSA) is 13.1 Å². The SMILES string of the molecule is c1ccc2cc3c(cc2c1)oc1c(-c2ccc4c(ccc5ccc6ccccc6c54)c2)ccc(-c2ccc4ccc5cccc6ccc2c4c56)c13. The van der Waals surface area contributed by atoms with Crippen molar-refractivity contribution >= 4 is 97.3 Å². The molecule has 234 valence electrons. The maximum absolute atomic E-state index is 6.97. The average Bonchev–Trinajstić information content (AvgIpc) is 3.56. The van der Waals surface area contributed by atoms with Crippen LogP contribution in [0.25, 0.3) is 120 Å². The highest BCUT2D eigenvalue weighted by atomic mass is 16.3. The van der Waals surface area contributed by atoms with Gasteiger partial charge in [-0.2, -0.15) is 0 Å². The highest BCUT2D eigenvalue weighted by molar-refractivity contribution is 6.28. The van der Waals surface area contributed by atoms with Crippen molar-refractivity contribution < 1.29 is 4.42 Å². The van der Waals surface area contributed by atoms with Gasteiger partial charge in [-0.1, -0.05) is 146 Å². The summed E-state index contributed by atoms with van der Waals surface area (Å²) in [5, 5.41) is 20.1. The first kappa shape index (κ1) is 27.2. The van der Waals surface area contributed by atoms with E-state index in [1.807, 2.05) is 0 Å². The second-order valence-electron chi connectivity index (χ2n) is 14.0. The van der Waals surface area contributed by atoms with Gasteiger partial charge >= 0.3 is 0 Å². The van der Waals surface area contributed by atoms with E-state index in [0.29, 0.717) is 0 Å². The monoisotopic (exact) mass is 644 g/mol. The van der Waals surface area contributed by atoms with Crippen molar-refractivity contribution in [3.8, 4) is 22.3 Å². The molecule has 0 amide bonds. The minimum atomic E-state index is 0.911. The van der Waals surface area contributed by atoms with E-state index in [4.69, 9.17) is 4.42 Å². The molecule has 0 aliphatic rings. The zero-order chi connectivity index (χ0) is 33.2. The lowest BCUT2D eigenvalue weighted by atomic mass is 9.87. The fraction of sp³-hybridized carbons (Fsp3) is 0. The van der Waals surface area contributed by atoms with Crippen LogP contribution in [0.4, 0.5) is 0 Å². The Hall–Kier alpha value is -6.70. The van der Waals surface area contributed by atoms with Crippen molar-refractivity contribution in [1.29, 1.82) is 0 Å². The van der Waals surface area contributed by atoms with Crippen LogP contribution in [0.3, 0.4) is 0 Å². The van der Waals surface area contributed by atoms with Gasteiger partial charge < -0.3 is 4.42 Å². The largest absolute Gasteiger partial charge is 0.455 e. The predicted octanol–water partition coefficient (Wildman–Crippen LogP) is 14.4. The number of fused-ring (bicyclic) bond motifs is 9. The zero-order valence-electron chi connectivity index (χ0n) is 27.6. The molecule has 0 aliphatic carbocycles. The maximum Gasteiger partial charge on any atom is 0.143 e. The fourth-order valence-electron chi connectivity index (χ4n) is 8.99. The molecular weight excluding hydrogens is 617 g/mol. The Morgan fingerprint density at radius 3 is 1.69 bits per heavy atom. The van der Waals surface area contributed by atoms with Crippen molar-refractivity contribution in [3.63, 3.8) is 0 Å². The summed E-state index contributed by atoms with van der Waals surface area (Å²) in [4.78, 5) is 0. The zero-order valence-corrected chi connectivity index (χ0v) is 27.6. The molecule has 0 aliphatic heterocycles. The van der Waals surface area contributed by atoms with Crippen LogP contribution in [0.5, 0.6) is 0 Å². The lowest BCUT2D eigenvalue weighted by Crippen LogP contribution is -1.89. The van der Waals surface area contributed by atoms with E-state index in [-0.39, 0.29) is 0 Å². The number of hydrogen-bond donors (Lipinski definition) is 0. The van der Waals surface area contributed by atoms with Gasteiger partial charge in [-0.15, -0.1) is 0 Å². The standard InChI is InChI=1S/C50H28O/c1-2-8-35-28-45-44(27-34(35)7-1)49-43(41-22-18-33-15-14-30-9-5-10-31-19-23-42(41)48(33)46(30)31)25-24-40(50(49)51-45)37-20-21-39-36(26-37)17-16-32-13-12-29-6-3-4-11-38(29)47(32)39/h1-28H. The van der Waals surface area contributed by atoms with E-state index in [1.54, 1.807) is 0 Å². The Kier molecular flexibility index (Phi) is 5.29. The highest BCUT2D eigenvalue weighted by Crippen LogP contribution is 2.47. The molecular formula is C50H28O. The molecule has 0 radical (unpaired) electrons. The molecule has 1 nitrogen and oxygen atoms in total. The molecule has 11 aromatic carbocycles. The Balaban J connectivity index is 1.16. The van der Waals surface area contributed by atoms with Crippen molar-refractivity contribution in [1.82, 2.24) is 0 Å². The maximum atomic E-state index is 6.97. The molecule has 0 fully saturated rings. The lowest BCUT2D eigenvalue weighted by molar-refractivity contribution is 0.670. The van der Waals surface area contributed by atoms with Crippen LogP contribution in [0.1, 0.15) is 0 Å². The summed E-state index contributed by atoms with van der Waals surface area (Å²) in [6.07, 6.45) is 0. The molecule has 0 unspecified atom stereocenters. The summed E-state index contributed by atoms with van der Waals surface area (Å²) in [5.41, 5.74) is 6.51. The van der Waals surface area contributed by atoms with Crippen LogP contribution >= 0.6 is 0 Å². The minimum Gasteiger partial charge on any atom is -0.455 e. The number of rotatable bonds is 2. The minimum absolute atomic E-state index is 0.911. The molecule has 0 N–H and O–H groups in total.